The van der Waals surface area contributed by atoms with Gasteiger partial charge in [-0.1, -0.05) is 18.2 Å². The normalized spacial score (nSPS) is 19.1. The van der Waals surface area contributed by atoms with Crippen LogP contribution in [0.2, 0.25) is 0 Å². The van der Waals surface area contributed by atoms with Gasteiger partial charge in [-0.05, 0) is 17.5 Å². The van der Waals surface area contributed by atoms with E-state index >= 15 is 0 Å². The maximum absolute atomic E-state index is 11.8. The summed E-state index contributed by atoms with van der Waals surface area (Å²) in [7, 11) is 0. The predicted octanol–water partition coefficient (Wildman–Crippen LogP) is 1.35. The molecular weight excluding hydrogens is 224 g/mol. The van der Waals surface area contributed by atoms with Gasteiger partial charge in [-0.25, -0.2) is 0 Å². The van der Waals surface area contributed by atoms with E-state index < -0.39 is 0 Å². The molecule has 0 saturated heterocycles. The van der Waals surface area contributed by atoms with E-state index in [1.165, 1.54) is 0 Å². The summed E-state index contributed by atoms with van der Waals surface area (Å²) in [4.78, 5) is 11.8. The average molecular weight is 236 g/mol. The van der Waals surface area contributed by atoms with Crippen LogP contribution in [-0.4, -0.2) is 22.9 Å². The topological polar surface area (TPSA) is 61.4 Å². The maximum atomic E-state index is 11.8. The third-order valence-electron chi connectivity index (χ3n) is 2.32. The number of rotatable bonds is 3. The Morgan fingerprint density at radius 1 is 1.38 bits per heavy atom. The van der Waals surface area contributed by atoms with Crippen LogP contribution in [0.4, 0.5) is 0 Å². The van der Waals surface area contributed by atoms with E-state index in [0.29, 0.717) is 11.3 Å². The van der Waals surface area contributed by atoms with Crippen LogP contribution < -0.4 is 10.8 Å². The molecule has 1 aliphatic rings. The molecule has 84 valence electrons. The summed E-state index contributed by atoms with van der Waals surface area (Å²) in [5.41, 5.74) is 3.35. The predicted molar refractivity (Wildman–Crippen MR) is 63.2 cm³/mol. The molecule has 16 heavy (non-hydrogen) atoms. The number of nitrogens with one attached hydrogen (secondary N) is 2. The minimum Gasteiger partial charge on any atom is -0.343 e. The highest BCUT2D eigenvalue weighted by atomic mass is 32.2. The van der Waals surface area contributed by atoms with E-state index in [2.05, 4.69) is 10.8 Å². The molecule has 0 bridgehead atoms. The average Bonchev–Trinajstić information content (AvgIpc) is 2.77. The van der Waals surface area contributed by atoms with Crippen LogP contribution in [-0.2, 0) is 0 Å². The molecule has 0 radical (unpaired) electrons. The van der Waals surface area contributed by atoms with Gasteiger partial charge in [0.2, 0.25) is 0 Å². The van der Waals surface area contributed by atoms with Gasteiger partial charge >= 0.3 is 0 Å². The number of carbonyl (C=O) groups is 1. The molecule has 1 aromatic rings. The van der Waals surface area contributed by atoms with Gasteiger partial charge in [0.1, 0.15) is 0 Å². The fraction of sp³-hybridized carbons (Fsp3) is 0.182. The van der Waals surface area contributed by atoms with Crippen molar-refractivity contribution in [3.8, 4) is 0 Å². The van der Waals surface area contributed by atoms with Crippen LogP contribution in [0.25, 0.3) is 0 Å². The molecule has 2 rings (SSSR count). The second kappa shape index (κ2) is 5.05. The molecule has 4 nitrogen and oxygen atoms in total. The maximum Gasteiger partial charge on any atom is 0.251 e. The summed E-state index contributed by atoms with van der Waals surface area (Å²) < 4.78 is 0. The lowest BCUT2D eigenvalue weighted by molar-refractivity contribution is 0.0939. The van der Waals surface area contributed by atoms with E-state index in [0.717, 1.165) is 5.75 Å². The summed E-state index contributed by atoms with van der Waals surface area (Å²) >= 11 is 1.55. The Bertz CT molecular complexity index is 406. The van der Waals surface area contributed by atoms with Crippen LogP contribution in [0.3, 0.4) is 0 Å². The Morgan fingerprint density at radius 3 is 2.81 bits per heavy atom. The highest BCUT2D eigenvalue weighted by Gasteiger charge is 2.21. The minimum atomic E-state index is -0.150. The molecule has 0 saturated carbocycles. The summed E-state index contributed by atoms with van der Waals surface area (Å²) in [6.07, 6.45) is 0. The number of carbonyl (C=O) groups excluding carboxylic acids is 1. The van der Waals surface area contributed by atoms with Crippen LogP contribution in [0.15, 0.2) is 41.4 Å². The molecular formula is C11H12N2O2S. The summed E-state index contributed by atoms with van der Waals surface area (Å²) in [5, 5.41) is 13.5. The molecule has 1 heterocycles. The van der Waals surface area contributed by atoms with Crippen LogP contribution in [0, 0.1) is 0 Å². The minimum absolute atomic E-state index is 0.130. The van der Waals surface area contributed by atoms with E-state index in [4.69, 9.17) is 5.21 Å². The molecule has 0 aliphatic carbocycles. The number of hydrogen-bond acceptors (Lipinski definition) is 4. The highest BCUT2D eigenvalue weighted by Crippen LogP contribution is 2.20. The number of amides is 1. The molecule has 1 amide bonds. The lowest BCUT2D eigenvalue weighted by atomic mass is 10.2. The van der Waals surface area contributed by atoms with Crippen molar-refractivity contribution in [3.05, 3.63) is 47.0 Å². The van der Waals surface area contributed by atoms with Crippen molar-refractivity contribution in [1.82, 2.24) is 10.8 Å². The summed E-state index contributed by atoms with van der Waals surface area (Å²) in [6, 6.07) is 8.87. The van der Waals surface area contributed by atoms with Crippen LogP contribution in [0.1, 0.15) is 10.4 Å². The Kier molecular flexibility index (Phi) is 3.48. The first-order chi connectivity index (χ1) is 7.81. The van der Waals surface area contributed by atoms with Gasteiger partial charge in [-0.3, -0.25) is 15.5 Å². The van der Waals surface area contributed by atoms with Crippen molar-refractivity contribution >= 4 is 17.7 Å². The quantitative estimate of drug-likeness (QED) is 0.693. The molecule has 3 N–H and O–H groups in total. The SMILES string of the molecule is O=C(N[C@H]1CSC=C1NO)c1ccccc1. The first kappa shape index (κ1) is 11.0. The van der Waals surface area contributed by atoms with E-state index in [1.807, 2.05) is 18.2 Å². The highest BCUT2D eigenvalue weighted by molar-refractivity contribution is 8.02. The zero-order valence-corrected chi connectivity index (χ0v) is 9.33. The van der Waals surface area contributed by atoms with Crippen molar-refractivity contribution in [2.45, 2.75) is 6.04 Å². The molecule has 1 atom stereocenters. The molecule has 0 fully saturated rings. The summed E-state index contributed by atoms with van der Waals surface area (Å²) in [5.74, 6) is 0.607. The van der Waals surface area contributed by atoms with E-state index in [-0.39, 0.29) is 11.9 Å². The Morgan fingerprint density at radius 2 is 2.12 bits per heavy atom. The third-order valence-corrected chi connectivity index (χ3v) is 3.27. The van der Waals surface area contributed by atoms with Gasteiger partial charge in [0, 0.05) is 11.3 Å². The van der Waals surface area contributed by atoms with E-state index in [9.17, 15) is 4.79 Å². The Balaban J connectivity index is 2.01. The number of benzene rings is 1. The largest absolute Gasteiger partial charge is 0.343 e. The molecule has 0 aromatic heterocycles. The molecule has 0 unspecified atom stereocenters. The van der Waals surface area contributed by atoms with Gasteiger partial charge in [0.25, 0.3) is 5.91 Å². The van der Waals surface area contributed by atoms with Gasteiger partial charge in [-0.2, -0.15) is 0 Å². The summed E-state index contributed by atoms with van der Waals surface area (Å²) in [6.45, 7) is 0. The van der Waals surface area contributed by atoms with Crippen LogP contribution in [0.5, 0.6) is 0 Å². The standard InChI is InChI=1S/C11H12N2O2S/c14-11(8-4-2-1-3-5-8)12-9-6-16-7-10(9)13-15/h1-5,7,9,13,15H,6H2,(H,12,14)/t9-/m0/s1. The number of hydrogen-bond donors (Lipinski definition) is 3. The Hall–Kier alpha value is -1.46. The molecule has 5 heteroatoms. The second-order valence-corrected chi connectivity index (χ2v) is 4.31. The fourth-order valence-corrected chi connectivity index (χ4v) is 2.41. The smallest absolute Gasteiger partial charge is 0.251 e. The van der Waals surface area contributed by atoms with Gasteiger partial charge in [-0.15, -0.1) is 11.8 Å². The van der Waals surface area contributed by atoms with Gasteiger partial charge < -0.3 is 5.32 Å². The second-order valence-electron chi connectivity index (χ2n) is 3.41. The molecule has 0 spiro atoms. The molecule has 1 aliphatic heterocycles. The van der Waals surface area contributed by atoms with Crippen molar-refractivity contribution in [1.29, 1.82) is 0 Å². The monoisotopic (exact) mass is 236 g/mol. The van der Waals surface area contributed by atoms with Crippen molar-refractivity contribution < 1.29 is 10.0 Å². The lowest BCUT2D eigenvalue weighted by Gasteiger charge is -2.15. The zero-order valence-electron chi connectivity index (χ0n) is 8.51. The number of thioether (sulfide) groups is 1. The molecule has 1 aromatic carbocycles. The van der Waals surface area contributed by atoms with Crippen LogP contribution >= 0.6 is 11.8 Å². The van der Waals surface area contributed by atoms with Crippen molar-refractivity contribution in [3.63, 3.8) is 0 Å². The number of hydroxylamine groups is 1. The fourth-order valence-electron chi connectivity index (χ4n) is 1.46. The van der Waals surface area contributed by atoms with Gasteiger partial charge in [0.15, 0.2) is 0 Å². The lowest BCUT2D eigenvalue weighted by Crippen LogP contribution is -2.39. The third kappa shape index (κ3) is 2.37. The first-order valence-electron chi connectivity index (χ1n) is 4.89. The van der Waals surface area contributed by atoms with Crippen molar-refractivity contribution in [2.75, 3.05) is 5.75 Å². The Labute approximate surface area is 97.7 Å². The van der Waals surface area contributed by atoms with Gasteiger partial charge in [0.05, 0.1) is 11.7 Å². The first-order valence-corrected chi connectivity index (χ1v) is 5.94. The van der Waals surface area contributed by atoms with Crippen molar-refractivity contribution in [2.24, 2.45) is 0 Å². The zero-order chi connectivity index (χ0) is 11.4. The van der Waals surface area contributed by atoms with E-state index in [1.54, 1.807) is 29.3 Å².